The Morgan fingerprint density at radius 2 is 2.00 bits per heavy atom. The maximum Gasteiger partial charge on any atom is 0.356 e. The predicted octanol–water partition coefficient (Wildman–Crippen LogP) is 2.18. The Hall–Kier alpha value is -2.69. The number of hydrogen-bond donors (Lipinski definition) is 0. The number of methoxy groups -OCH3 is 1. The van der Waals surface area contributed by atoms with Crippen molar-refractivity contribution in [1.82, 2.24) is 14.6 Å². The summed E-state index contributed by atoms with van der Waals surface area (Å²) in [5.41, 5.74) is 2.63. The van der Waals surface area contributed by atoms with Crippen molar-refractivity contribution in [2.24, 2.45) is 0 Å². The number of fused-ring (bicyclic) bond motifs is 1. The summed E-state index contributed by atoms with van der Waals surface area (Å²) in [4.78, 5) is 16.3. The third-order valence-corrected chi connectivity index (χ3v) is 2.82. The van der Waals surface area contributed by atoms with Crippen LogP contribution in [0.4, 0.5) is 0 Å². The zero-order valence-electron chi connectivity index (χ0n) is 10.3. The first-order valence-corrected chi connectivity index (χ1v) is 5.78. The average Bonchev–Trinajstić information content (AvgIpc) is 2.94. The topological polar surface area (TPSA) is 56.5 Å². The van der Waals surface area contributed by atoms with E-state index in [1.54, 1.807) is 18.3 Å². The van der Waals surface area contributed by atoms with Crippen LogP contribution in [0.25, 0.3) is 16.9 Å². The molecule has 5 nitrogen and oxygen atoms in total. The maximum atomic E-state index is 11.8. The van der Waals surface area contributed by atoms with Gasteiger partial charge in [-0.3, -0.25) is 0 Å². The summed E-state index contributed by atoms with van der Waals surface area (Å²) in [6.45, 7) is 0. The number of esters is 1. The standard InChI is InChI=1S/C14H11N3O2/c1-19-14(18)12-9-11(10-5-3-2-4-6-10)16-13-7-8-15-17(12)13/h2-9H,1H3. The Labute approximate surface area is 109 Å². The van der Waals surface area contributed by atoms with Gasteiger partial charge in [-0.05, 0) is 6.07 Å². The lowest BCUT2D eigenvalue weighted by atomic mass is 10.1. The van der Waals surface area contributed by atoms with E-state index in [2.05, 4.69) is 10.1 Å². The fraction of sp³-hybridized carbons (Fsp3) is 0.0714. The molecule has 5 heteroatoms. The normalized spacial score (nSPS) is 10.6. The SMILES string of the molecule is COC(=O)c1cc(-c2ccccc2)nc2ccnn12. The molecule has 1 aromatic carbocycles. The summed E-state index contributed by atoms with van der Waals surface area (Å²) in [7, 11) is 1.35. The largest absolute Gasteiger partial charge is 0.464 e. The van der Waals surface area contributed by atoms with Crippen molar-refractivity contribution in [3.05, 3.63) is 54.4 Å². The third kappa shape index (κ3) is 1.95. The molecule has 0 amide bonds. The van der Waals surface area contributed by atoms with Crippen LogP contribution in [0.15, 0.2) is 48.7 Å². The first kappa shape index (κ1) is 11.4. The highest BCUT2D eigenvalue weighted by Crippen LogP contribution is 2.19. The van der Waals surface area contributed by atoms with E-state index in [4.69, 9.17) is 4.74 Å². The Kier molecular flexibility index (Phi) is 2.72. The van der Waals surface area contributed by atoms with Gasteiger partial charge >= 0.3 is 5.97 Å². The van der Waals surface area contributed by atoms with Crippen LogP contribution in [0.1, 0.15) is 10.5 Å². The highest BCUT2D eigenvalue weighted by molar-refractivity contribution is 5.89. The van der Waals surface area contributed by atoms with Crippen LogP contribution in [0.5, 0.6) is 0 Å². The molecular formula is C14H11N3O2. The molecule has 19 heavy (non-hydrogen) atoms. The summed E-state index contributed by atoms with van der Waals surface area (Å²) in [5.74, 6) is -0.437. The molecule has 0 atom stereocenters. The fourth-order valence-electron chi connectivity index (χ4n) is 1.92. The summed E-state index contributed by atoms with van der Waals surface area (Å²) >= 11 is 0. The smallest absolute Gasteiger partial charge is 0.356 e. The second kappa shape index (κ2) is 4.53. The number of ether oxygens (including phenoxy) is 1. The molecule has 0 unspecified atom stereocenters. The minimum Gasteiger partial charge on any atom is -0.464 e. The number of aromatic nitrogens is 3. The van der Waals surface area contributed by atoms with Crippen LogP contribution >= 0.6 is 0 Å². The minimum atomic E-state index is -0.437. The number of rotatable bonds is 2. The van der Waals surface area contributed by atoms with Gasteiger partial charge in [-0.2, -0.15) is 5.10 Å². The van der Waals surface area contributed by atoms with E-state index in [0.29, 0.717) is 17.0 Å². The molecule has 0 N–H and O–H groups in total. The molecule has 0 aliphatic heterocycles. The summed E-state index contributed by atoms with van der Waals surface area (Å²) in [6.07, 6.45) is 1.60. The van der Waals surface area contributed by atoms with Crippen LogP contribution in [-0.2, 0) is 4.74 Å². The second-order valence-corrected chi connectivity index (χ2v) is 3.99. The molecule has 0 saturated carbocycles. The lowest BCUT2D eigenvalue weighted by Crippen LogP contribution is -2.10. The number of benzene rings is 1. The molecule has 0 bridgehead atoms. The van der Waals surface area contributed by atoms with Crippen molar-refractivity contribution in [3.8, 4) is 11.3 Å². The van der Waals surface area contributed by atoms with E-state index >= 15 is 0 Å². The quantitative estimate of drug-likeness (QED) is 0.657. The van der Waals surface area contributed by atoms with Gasteiger partial charge in [0.2, 0.25) is 0 Å². The molecule has 0 spiro atoms. The van der Waals surface area contributed by atoms with Crippen LogP contribution < -0.4 is 0 Å². The molecule has 0 radical (unpaired) electrons. The van der Waals surface area contributed by atoms with E-state index in [1.165, 1.54) is 11.6 Å². The van der Waals surface area contributed by atoms with Crippen LogP contribution in [-0.4, -0.2) is 27.7 Å². The monoisotopic (exact) mass is 253 g/mol. The van der Waals surface area contributed by atoms with Gasteiger partial charge in [0.25, 0.3) is 0 Å². The van der Waals surface area contributed by atoms with Crippen LogP contribution in [0, 0.1) is 0 Å². The van der Waals surface area contributed by atoms with E-state index in [1.807, 2.05) is 30.3 Å². The van der Waals surface area contributed by atoms with E-state index in [9.17, 15) is 4.79 Å². The van der Waals surface area contributed by atoms with E-state index in [0.717, 1.165) is 5.56 Å². The zero-order valence-corrected chi connectivity index (χ0v) is 10.3. The van der Waals surface area contributed by atoms with Gasteiger partial charge in [0.05, 0.1) is 19.0 Å². The van der Waals surface area contributed by atoms with Crippen molar-refractivity contribution in [2.75, 3.05) is 7.11 Å². The van der Waals surface area contributed by atoms with Gasteiger partial charge < -0.3 is 4.74 Å². The molecule has 0 saturated heterocycles. The molecule has 0 aliphatic carbocycles. The van der Waals surface area contributed by atoms with Gasteiger partial charge in [0.15, 0.2) is 11.3 Å². The zero-order chi connectivity index (χ0) is 13.2. The Balaban J connectivity index is 2.25. The molecule has 3 aromatic rings. The van der Waals surface area contributed by atoms with Crippen molar-refractivity contribution in [2.45, 2.75) is 0 Å². The van der Waals surface area contributed by atoms with Crippen molar-refractivity contribution < 1.29 is 9.53 Å². The molecule has 3 rings (SSSR count). The van der Waals surface area contributed by atoms with Gasteiger partial charge in [0, 0.05) is 11.6 Å². The number of carbonyl (C=O) groups excluding carboxylic acids is 1. The van der Waals surface area contributed by atoms with Crippen LogP contribution in [0.3, 0.4) is 0 Å². The average molecular weight is 253 g/mol. The third-order valence-electron chi connectivity index (χ3n) is 2.82. The lowest BCUT2D eigenvalue weighted by molar-refractivity contribution is 0.0590. The summed E-state index contributed by atoms with van der Waals surface area (Å²) in [6, 6.07) is 13.1. The number of hydrogen-bond acceptors (Lipinski definition) is 4. The molecule has 2 heterocycles. The highest BCUT2D eigenvalue weighted by Gasteiger charge is 2.14. The lowest BCUT2D eigenvalue weighted by Gasteiger charge is -2.06. The molecular weight excluding hydrogens is 242 g/mol. The van der Waals surface area contributed by atoms with Gasteiger partial charge in [0.1, 0.15) is 0 Å². The van der Waals surface area contributed by atoms with Crippen LogP contribution in [0.2, 0.25) is 0 Å². The number of carbonyl (C=O) groups is 1. The molecule has 0 fully saturated rings. The predicted molar refractivity (Wildman–Crippen MR) is 69.8 cm³/mol. The molecule has 0 aliphatic rings. The van der Waals surface area contributed by atoms with Gasteiger partial charge in [-0.15, -0.1) is 0 Å². The fourth-order valence-corrected chi connectivity index (χ4v) is 1.92. The summed E-state index contributed by atoms with van der Waals surface area (Å²) < 4.78 is 6.25. The highest BCUT2D eigenvalue weighted by atomic mass is 16.5. The Bertz CT molecular complexity index is 735. The Morgan fingerprint density at radius 1 is 1.21 bits per heavy atom. The van der Waals surface area contributed by atoms with Crippen molar-refractivity contribution in [3.63, 3.8) is 0 Å². The molecule has 94 valence electrons. The summed E-state index contributed by atoms with van der Waals surface area (Å²) in [5, 5.41) is 4.08. The molecule has 2 aromatic heterocycles. The maximum absolute atomic E-state index is 11.8. The first-order valence-electron chi connectivity index (χ1n) is 5.78. The van der Waals surface area contributed by atoms with Crippen molar-refractivity contribution in [1.29, 1.82) is 0 Å². The van der Waals surface area contributed by atoms with E-state index < -0.39 is 5.97 Å². The van der Waals surface area contributed by atoms with E-state index in [-0.39, 0.29) is 0 Å². The first-order chi connectivity index (χ1) is 9.29. The van der Waals surface area contributed by atoms with Gasteiger partial charge in [-0.25, -0.2) is 14.3 Å². The number of nitrogens with zero attached hydrogens (tertiary/aromatic N) is 3. The van der Waals surface area contributed by atoms with Gasteiger partial charge in [-0.1, -0.05) is 30.3 Å². The second-order valence-electron chi connectivity index (χ2n) is 3.99. The minimum absolute atomic E-state index is 0.358. The Morgan fingerprint density at radius 3 is 2.74 bits per heavy atom. The van der Waals surface area contributed by atoms with Crippen molar-refractivity contribution >= 4 is 11.6 Å².